The normalized spacial score (nSPS) is 29.6. The molecule has 5 nitrogen and oxygen atoms in total. The Hall–Kier alpha value is -1.94. The van der Waals surface area contributed by atoms with Crippen molar-refractivity contribution >= 4 is 5.97 Å². The van der Waals surface area contributed by atoms with Crippen LogP contribution in [0, 0.1) is 6.92 Å². The number of carbonyl (C=O) groups is 1. The van der Waals surface area contributed by atoms with Crippen molar-refractivity contribution in [2.75, 3.05) is 14.1 Å². The molecule has 1 N–H and O–H groups in total. The van der Waals surface area contributed by atoms with Crippen molar-refractivity contribution in [1.82, 2.24) is 0 Å². The number of aryl methyl sites for hydroxylation is 1. The molecule has 0 amide bonds. The summed E-state index contributed by atoms with van der Waals surface area (Å²) >= 11 is 0. The van der Waals surface area contributed by atoms with Gasteiger partial charge in [-0.05, 0) is 30.2 Å². The van der Waals surface area contributed by atoms with E-state index in [1.807, 2.05) is 6.92 Å². The first-order valence-electron chi connectivity index (χ1n) is 11.1. The molecule has 35 heavy (non-hydrogen) atoms. The van der Waals surface area contributed by atoms with Crippen LogP contribution in [0.1, 0.15) is 42.5 Å². The van der Waals surface area contributed by atoms with Crippen LogP contribution in [-0.2, 0) is 26.0 Å². The van der Waals surface area contributed by atoms with Gasteiger partial charge in [-0.2, -0.15) is 13.2 Å². The predicted octanol–water partition coefficient (Wildman–Crippen LogP) is 1.19. The first-order valence-corrected chi connectivity index (χ1v) is 11.1. The maximum absolute atomic E-state index is 13.5. The second-order valence-electron chi connectivity index (χ2n) is 9.98. The molecule has 4 unspecified atom stereocenters. The van der Waals surface area contributed by atoms with E-state index in [0.717, 1.165) is 34.3 Å². The van der Waals surface area contributed by atoms with Gasteiger partial charge in [0.05, 0.1) is 19.7 Å². The lowest BCUT2D eigenvalue weighted by Gasteiger charge is -2.45. The van der Waals surface area contributed by atoms with Crippen LogP contribution in [0.15, 0.2) is 48.5 Å². The first-order chi connectivity index (χ1) is 15.4. The van der Waals surface area contributed by atoms with E-state index in [1.165, 1.54) is 0 Å². The fourth-order valence-corrected chi connectivity index (χ4v) is 5.64. The Bertz CT molecular complexity index is 1050. The van der Waals surface area contributed by atoms with Crippen LogP contribution in [0.3, 0.4) is 0 Å². The second-order valence-corrected chi connectivity index (χ2v) is 9.98. The maximum Gasteiger partial charge on any atom is 0.416 e. The molecular formula is C26H31BrF3NO4. The van der Waals surface area contributed by atoms with Gasteiger partial charge in [0.1, 0.15) is 30.4 Å². The number of nitrogens with zero attached hydrogens (tertiary/aromatic N) is 1. The number of hydrogen-bond acceptors (Lipinski definition) is 4. The Morgan fingerprint density at radius 1 is 0.943 bits per heavy atom. The third-order valence-corrected chi connectivity index (χ3v) is 7.71. The summed E-state index contributed by atoms with van der Waals surface area (Å²) in [4.78, 5) is 13.5. The van der Waals surface area contributed by atoms with Gasteiger partial charge in [-0.1, -0.05) is 49.4 Å². The Labute approximate surface area is 214 Å². The van der Waals surface area contributed by atoms with E-state index in [1.54, 1.807) is 24.3 Å². The molecule has 3 aliphatic rings. The molecule has 0 radical (unpaired) electrons. The monoisotopic (exact) mass is 557 g/mol. The molecule has 0 aliphatic carbocycles. The minimum atomic E-state index is -4.52. The number of piperidine rings is 1. The lowest BCUT2D eigenvalue weighted by molar-refractivity contribution is -0.938. The summed E-state index contributed by atoms with van der Waals surface area (Å²) in [6.07, 6.45) is -3.31. The van der Waals surface area contributed by atoms with Crippen LogP contribution < -0.4 is 17.0 Å². The molecule has 5 rings (SSSR count). The fourth-order valence-electron chi connectivity index (χ4n) is 5.64. The molecule has 2 aromatic carbocycles. The highest BCUT2D eigenvalue weighted by molar-refractivity contribution is 5.85. The minimum Gasteiger partial charge on any atom is -1.00 e. The zero-order valence-electron chi connectivity index (χ0n) is 19.1. The molecule has 3 saturated heterocycles. The van der Waals surface area contributed by atoms with E-state index in [9.17, 15) is 23.1 Å². The van der Waals surface area contributed by atoms with Gasteiger partial charge < -0.3 is 36.0 Å². The minimum absolute atomic E-state index is 0. The van der Waals surface area contributed by atoms with Crippen molar-refractivity contribution in [3.05, 3.63) is 70.8 Å². The molecule has 192 valence electrons. The molecule has 3 fully saturated rings. The van der Waals surface area contributed by atoms with Crippen LogP contribution in [0.25, 0.3) is 0 Å². The SMILES string of the molecule is C.Cc1ccc(C(O)(C(=O)OC2CC3C4O[C@@H]4[C@H](C2)[N+]3(C)C)c2ccc(C(F)(F)F)cc2)cc1.[Br-]. The third kappa shape index (κ3) is 4.52. The van der Waals surface area contributed by atoms with Gasteiger partial charge >= 0.3 is 12.1 Å². The van der Waals surface area contributed by atoms with Gasteiger partial charge in [0.25, 0.3) is 0 Å². The van der Waals surface area contributed by atoms with E-state index in [-0.39, 0.29) is 65.9 Å². The number of rotatable bonds is 4. The predicted molar refractivity (Wildman–Crippen MR) is 120 cm³/mol. The highest BCUT2D eigenvalue weighted by Gasteiger charge is 2.71. The van der Waals surface area contributed by atoms with E-state index in [0.29, 0.717) is 12.8 Å². The van der Waals surface area contributed by atoms with Crippen LogP contribution in [0.5, 0.6) is 0 Å². The summed E-state index contributed by atoms with van der Waals surface area (Å²) in [6, 6.07) is 11.1. The third-order valence-electron chi connectivity index (χ3n) is 7.71. The number of epoxide rings is 1. The lowest BCUT2D eigenvalue weighted by Crippen LogP contribution is -3.00. The van der Waals surface area contributed by atoms with E-state index in [2.05, 4.69) is 14.1 Å². The quantitative estimate of drug-likeness (QED) is 0.348. The molecule has 0 saturated carbocycles. The van der Waals surface area contributed by atoms with Crippen molar-refractivity contribution in [3.8, 4) is 0 Å². The lowest BCUT2D eigenvalue weighted by atomic mass is 9.85. The summed E-state index contributed by atoms with van der Waals surface area (Å²) in [5, 5.41) is 11.7. The number of morpholine rings is 1. The molecule has 3 heterocycles. The van der Waals surface area contributed by atoms with Gasteiger partial charge in [-0.25, -0.2) is 4.79 Å². The zero-order valence-corrected chi connectivity index (χ0v) is 20.6. The number of esters is 1. The molecule has 2 bridgehead atoms. The average molecular weight is 558 g/mol. The number of aliphatic hydroxyl groups is 1. The zero-order chi connectivity index (χ0) is 23.8. The van der Waals surface area contributed by atoms with Crippen LogP contribution in [-0.4, -0.2) is 60.0 Å². The molecule has 3 aliphatic heterocycles. The largest absolute Gasteiger partial charge is 1.00 e. The van der Waals surface area contributed by atoms with Gasteiger partial charge in [-0.3, -0.25) is 0 Å². The second kappa shape index (κ2) is 9.18. The van der Waals surface area contributed by atoms with Gasteiger partial charge in [0.2, 0.25) is 5.60 Å². The maximum atomic E-state index is 13.5. The number of halogens is 4. The molecule has 0 spiro atoms. The molecule has 9 heteroatoms. The summed E-state index contributed by atoms with van der Waals surface area (Å²) in [5.74, 6) is -0.877. The Morgan fingerprint density at radius 2 is 1.37 bits per heavy atom. The number of alkyl halides is 3. The number of likely N-dealkylation sites (N-methyl/N-ethyl adjacent to an activating group) is 1. The Kier molecular flexibility index (Phi) is 7.25. The number of carbonyl (C=O) groups excluding carboxylic acids is 1. The number of benzene rings is 2. The van der Waals surface area contributed by atoms with Crippen molar-refractivity contribution < 1.29 is 54.0 Å². The molecule has 2 aromatic rings. The summed E-state index contributed by atoms with van der Waals surface area (Å²) in [5.41, 5.74) is -1.87. The summed E-state index contributed by atoms with van der Waals surface area (Å²) < 4.78 is 51.6. The van der Waals surface area contributed by atoms with E-state index >= 15 is 0 Å². The van der Waals surface area contributed by atoms with Crippen LogP contribution in [0.2, 0.25) is 0 Å². The van der Waals surface area contributed by atoms with Crippen molar-refractivity contribution in [2.45, 2.75) is 69.4 Å². The number of quaternary nitrogens is 1. The van der Waals surface area contributed by atoms with Crippen LogP contribution in [0.4, 0.5) is 13.2 Å². The fraction of sp³-hybridized carbons (Fsp3) is 0.500. The highest BCUT2D eigenvalue weighted by Crippen LogP contribution is 2.52. The highest BCUT2D eigenvalue weighted by atomic mass is 79.9. The standard InChI is InChI=1S/C25H27F3NO4.CH4.BrH/c1-14-4-6-15(7-5-14)24(31,16-8-10-17(11-9-16)25(26,27)28)23(30)32-18-12-19-21-22(33-21)20(13-18)29(19,2)3;;/h4-11,18-22,31H,12-13H2,1-3H3;1H4;1H/q+1;;/p-1/t18?,19-,20?,21+,22?,24?;;/m0../s1. The number of fused-ring (bicyclic) bond motifs is 5. The Morgan fingerprint density at radius 3 is 1.83 bits per heavy atom. The molecule has 0 aromatic heterocycles. The average Bonchev–Trinajstić information content (AvgIpc) is 3.51. The van der Waals surface area contributed by atoms with Gasteiger partial charge in [0, 0.05) is 12.8 Å². The molecular weight excluding hydrogens is 527 g/mol. The summed E-state index contributed by atoms with van der Waals surface area (Å²) in [6.45, 7) is 1.87. The van der Waals surface area contributed by atoms with Crippen molar-refractivity contribution in [2.24, 2.45) is 0 Å². The van der Waals surface area contributed by atoms with E-state index in [4.69, 9.17) is 9.47 Å². The van der Waals surface area contributed by atoms with Crippen molar-refractivity contribution in [3.63, 3.8) is 0 Å². The first kappa shape index (κ1) is 27.6. The van der Waals surface area contributed by atoms with Gasteiger partial charge in [-0.15, -0.1) is 0 Å². The van der Waals surface area contributed by atoms with Gasteiger partial charge in [0.15, 0.2) is 0 Å². The van der Waals surface area contributed by atoms with Crippen molar-refractivity contribution in [1.29, 1.82) is 0 Å². The topological polar surface area (TPSA) is 59.1 Å². The Balaban J connectivity index is 0.00000171. The molecule has 6 atom stereocenters. The number of hydrogen-bond donors (Lipinski definition) is 1. The summed E-state index contributed by atoms with van der Waals surface area (Å²) in [7, 11) is 4.32. The smallest absolute Gasteiger partial charge is 0.416 e. The van der Waals surface area contributed by atoms with E-state index < -0.39 is 23.3 Å². The number of ether oxygens (including phenoxy) is 2. The van der Waals surface area contributed by atoms with Crippen LogP contribution >= 0.6 is 0 Å².